The number of aryl methyl sites for hydroxylation is 1. The Hall–Kier alpha value is -1.80. The van der Waals surface area contributed by atoms with Crippen molar-refractivity contribution in [2.45, 2.75) is 91.1 Å². The van der Waals surface area contributed by atoms with E-state index in [1.165, 1.54) is 0 Å². The van der Waals surface area contributed by atoms with E-state index in [-0.39, 0.29) is 23.3 Å². The van der Waals surface area contributed by atoms with E-state index in [1.54, 1.807) is 0 Å². The number of hydrogen-bond donors (Lipinski definition) is 1. The lowest BCUT2D eigenvalue weighted by molar-refractivity contribution is 0.00578. The summed E-state index contributed by atoms with van der Waals surface area (Å²) in [6, 6.07) is 2.23. The van der Waals surface area contributed by atoms with Gasteiger partial charge in [-0.1, -0.05) is 0 Å². The fourth-order valence-corrected chi connectivity index (χ4v) is 3.67. The molecule has 3 heterocycles. The van der Waals surface area contributed by atoms with E-state index in [4.69, 9.17) is 19.0 Å². The first-order valence-electron chi connectivity index (χ1n) is 10.8. The van der Waals surface area contributed by atoms with E-state index in [0.29, 0.717) is 0 Å². The highest BCUT2D eigenvalue weighted by Gasteiger charge is 2.52. The quantitative estimate of drug-likeness (QED) is 0.762. The van der Waals surface area contributed by atoms with Crippen LogP contribution in [0.5, 0.6) is 0 Å². The van der Waals surface area contributed by atoms with Crippen molar-refractivity contribution < 1.29 is 18.8 Å². The van der Waals surface area contributed by atoms with Crippen molar-refractivity contribution in [1.82, 2.24) is 10.3 Å². The molecule has 1 N–H and O–H groups in total. The zero-order chi connectivity index (χ0) is 22.3. The number of rotatable bonds is 3. The number of ether oxygens (including phenoxy) is 1. The number of carbonyl (C=O) groups excluding carboxylic acids is 1. The lowest BCUT2D eigenvalue weighted by Crippen LogP contribution is -2.46. The van der Waals surface area contributed by atoms with Crippen LogP contribution in [0.1, 0.15) is 66.9 Å². The van der Waals surface area contributed by atoms with Gasteiger partial charge in [-0.2, -0.15) is 0 Å². The molecule has 3 rings (SSSR count). The molecule has 0 atom stereocenters. The maximum absolute atomic E-state index is 12.0. The number of alkyl carbamates (subject to hydrolysis) is 1. The highest BCUT2D eigenvalue weighted by Crippen LogP contribution is 2.36. The summed E-state index contributed by atoms with van der Waals surface area (Å²) in [6.07, 6.45) is 3.25. The number of nitrogens with zero attached hydrogens (tertiary/aromatic N) is 2. The topological polar surface area (TPSA) is 72.9 Å². The van der Waals surface area contributed by atoms with Crippen LogP contribution in [-0.2, 0) is 14.0 Å². The molecular weight excluding hydrogens is 381 g/mol. The molecule has 2 aliphatic heterocycles. The molecule has 1 aromatic rings. The van der Waals surface area contributed by atoms with Crippen LogP contribution >= 0.6 is 0 Å². The average molecular weight is 417 g/mol. The number of anilines is 1. The van der Waals surface area contributed by atoms with Gasteiger partial charge in [0.15, 0.2) is 0 Å². The van der Waals surface area contributed by atoms with Crippen molar-refractivity contribution in [1.29, 1.82) is 0 Å². The third-order valence-electron chi connectivity index (χ3n) is 6.18. The van der Waals surface area contributed by atoms with Crippen LogP contribution in [0.25, 0.3) is 0 Å². The van der Waals surface area contributed by atoms with Crippen LogP contribution in [0.3, 0.4) is 0 Å². The highest BCUT2D eigenvalue weighted by atomic mass is 16.7. The molecule has 2 aliphatic rings. The van der Waals surface area contributed by atoms with Gasteiger partial charge in [0.1, 0.15) is 11.4 Å². The highest BCUT2D eigenvalue weighted by molar-refractivity contribution is 6.62. The number of carbonyl (C=O) groups is 1. The molecule has 2 fully saturated rings. The second-order valence-electron chi connectivity index (χ2n) is 10.4. The van der Waals surface area contributed by atoms with E-state index in [1.807, 2.05) is 27.0 Å². The van der Waals surface area contributed by atoms with Crippen molar-refractivity contribution >= 4 is 24.5 Å². The minimum absolute atomic E-state index is 0.126. The summed E-state index contributed by atoms with van der Waals surface area (Å²) >= 11 is 0. The van der Waals surface area contributed by atoms with Gasteiger partial charge in [-0.25, -0.2) is 9.78 Å². The van der Waals surface area contributed by atoms with Crippen LogP contribution in [0.4, 0.5) is 10.6 Å². The van der Waals surface area contributed by atoms with Crippen LogP contribution in [-0.4, -0.2) is 54.1 Å². The smallest absolute Gasteiger partial charge is 0.444 e. The summed E-state index contributed by atoms with van der Waals surface area (Å²) in [5.74, 6) is 0.948. The molecule has 0 aromatic carbocycles. The zero-order valence-electron chi connectivity index (χ0n) is 19.7. The second-order valence-corrected chi connectivity index (χ2v) is 10.4. The summed E-state index contributed by atoms with van der Waals surface area (Å²) in [5.41, 5.74) is 0.856. The van der Waals surface area contributed by atoms with Crippen molar-refractivity contribution in [2.24, 2.45) is 0 Å². The molecule has 2 saturated heterocycles. The maximum atomic E-state index is 12.0. The van der Waals surface area contributed by atoms with E-state index in [0.717, 1.165) is 42.8 Å². The predicted octanol–water partition coefficient (Wildman–Crippen LogP) is 3.18. The largest absolute Gasteiger partial charge is 0.496 e. The number of nitrogens with one attached hydrogen (secondary N) is 1. The molecule has 0 aliphatic carbocycles. The molecule has 7 nitrogen and oxygen atoms in total. The molecule has 166 valence electrons. The van der Waals surface area contributed by atoms with Gasteiger partial charge < -0.3 is 24.3 Å². The third-order valence-corrected chi connectivity index (χ3v) is 6.18. The summed E-state index contributed by atoms with van der Waals surface area (Å²) in [5, 5.41) is 2.98. The zero-order valence-corrected chi connectivity index (χ0v) is 19.7. The van der Waals surface area contributed by atoms with Gasteiger partial charge >= 0.3 is 13.2 Å². The van der Waals surface area contributed by atoms with Gasteiger partial charge in [0.25, 0.3) is 0 Å². The predicted molar refractivity (Wildman–Crippen MR) is 119 cm³/mol. The van der Waals surface area contributed by atoms with E-state index >= 15 is 0 Å². The first-order chi connectivity index (χ1) is 13.8. The Bertz CT molecular complexity index is 767. The van der Waals surface area contributed by atoms with E-state index in [2.05, 4.69) is 50.9 Å². The second kappa shape index (κ2) is 8.04. The number of aromatic nitrogens is 1. The van der Waals surface area contributed by atoms with E-state index in [9.17, 15) is 4.79 Å². The Morgan fingerprint density at radius 1 is 1.20 bits per heavy atom. The molecule has 0 bridgehead atoms. The van der Waals surface area contributed by atoms with Crippen molar-refractivity contribution in [3.63, 3.8) is 0 Å². The molecule has 0 unspecified atom stereocenters. The Kier molecular flexibility index (Phi) is 6.13. The summed E-state index contributed by atoms with van der Waals surface area (Å²) in [6.45, 7) is 17.6. The van der Waals surface area contributed by atoms with Crippen LogP contribution < -0.4 is 15.7 Å². The lowest BCUT2D eigenvalue weighted by atomic mass is 9.77. The van der Waals surface area contributed by atoms with Gasteiger partial charge in [-0.15, -0.1) is 0 Å². The Labute approximate surface area is 181 Å². The summed E-state index contributed by atoms with van der Waals surface area (Å²) < 4.78 is 17.7. The number of pyridine rings is 1. The monoisotopic (exact) mass is 417 g/mol. The molecule has 1 aromatic heterocycles. The van der Waals surface area contributed by atoms with Crippen LogP contribution in [0.2, 0.25) is 0 Å². The number of amides is 1. The molecule has 0 spiro atoms. The minimum atomic E-state index is -0.481. The minimum Gasteiger partial charge on any atom is -0.444 e. The van der Waals surface area contributed by atoms with Gasteiger partial charge in [-0.05, 0) is 79.9 Å². The Morgan fingerprint density at radius 3 is 2.27 bits per heavy atom. The Balaban J connectivity index is 1.59. The van der Waals surface area contributed by atoms with Crippen molar-refractivity contribution in [3.05, 3.63) is 17.8 Å². The SMILES string of the molecule is Cc1cc(N2CCC(NC(=O)OC(C)(C)C)CC2)ncc1B1OC(C)(C)C(C)(C)O1. The maximum Gasteiger partial charge on any atom is 0.496 e. The number of piperidine rings is 1. The van der Waals surface area contributed by atoms with Crippen LogP contribution in [0.15, 0.2) is 12.3 Å². The van der Waals surface area contributed by atoms with Crippen molar-refractivity contribution in [2.75, 3.05) is 18.0 Å². The fourth-order valence-electron chi connectivity index (χ4n) is 3.67. The Morgan fingerprint density at radius 2 is 1.77 bits per heavy atom. The first-order valence-corrected chi connectivity index (χ1v) is 10.8. The van der Waals surface area contributed by atoms with Gasteiger partial charge in [0.2, 0.25) is 0 Å². The average Bonchev–Trinajstić information content (AvgIpc) is 2.81. The van der Waals surface area contributed by atoms with Crippen LogP contribution in [0, 0.1) is 6.92 Å². The fraction of sp³-hybridized carbons (Fsp3) is 0.727. The van der Waals surface area contributed by atoms with Gasteiger partial charge in [-0.3, -0.25) is 0 Å². The summed E-state index contributed by atoms with van der Waals surface area (Å²) in [4.78, 5) is 18.9. The molecule has 8 heteroatoms. The summed E-state index contributed by atoms with van der Waals surface area (Å²) in [7, 11) is -0.402. The normalized spacial score (nSPS) is 21.6. The molecule has 30 heavy (non-hydrogen) atoms. The lowest BCUT2D eigenvalue weighted by Gasteiger charge is -2.33. The third kappa shape index (κ3) is 5.09. The standard InChI is InChI=1S/C22H36BN3O4/c1-15-13-18(24-14-17(15)23-29-21(5,6)22(7,8)30-23)26-11-9-16(10-12-26)25-19(27)28-20(2,3)4/h13-14,16H,9-12H2,1-8H3,(H,25,27). The molecule has 0 radical (unpaired) electrons. The van der Waals surface area contributed by atoms with Gasteiger partial charge in [0, 0.05) is 30.8 Å². The molecule has 0 saturated carbocycles. The van der Waals surface area contributed by atoms with Crippen molar-refractivity contribution in [3.8, 4) is 0 Å². The molecule has 1 amide bonds. The van der Waals surface area contributed by atoms with E-state index < -0.39 is 12.7 Å². The van der Waals surface area contributed by atoms with Gasteiger partial charge in [0.05, 0.1) is 11.2 Å². The number of hydrogen-bond acceptors (Lipinski definition) is 6. The molecular formula is C22H36BN3O4. The first kappa shape index (κ1) is 22.9.